The van der Waals surface area contributed by atoms with Crippen LogP contribution in [0.2, 0.25) is 0 Å². The Morgan fingerprint density at radius 3 is 2.50 bits per heavy atom. The SMILES string of the molecule is C=C(C)CC(CCC1CC1)C(=O)NC(C)C. The molecule has 1 saturated carbocycles. The third-order valence-electron chi connectivity index (χ3n) is 3.02. The zero-order valence-corrected chi connectivity index (χ0v) is 10.9. The summed E-state index contributed by atoms with van der Waals surface area (Å²) in [6.07, 6.45) is 5.81. The minimum atomic E-state index is 0.139. The zero-order valence-electron chi connectivity index (χ0n) is 10.9. The van der Waals surface area contributed by atoms with Crippen LogP contribution in [0.4, 0.5) is 0 Å². The van der Waals surface area contributed by atoms with Gasteiger partial charge in [0.25, 0.3) is 0 Å². The number of hydrogen-bond donors (Lipinski definition) is 1. The van der Waals surface area contributed by atoms with Gasteiger partial charge in [-0.3, -0.25) is 4.79 Å². The lowest BCUT2D eigenvalue weighted by Crippen LogP contribution is -2.35. The van der Waals surface area contributed by atoms with Crippen LogP contribution in [-0.2, 0) is 4.79 Å². The van der Waals surface area contributed by atoms with Crippen molar-refractivity contribution < 1.29 is 4.79 Å². The molecular formula is C14H25NO. The van der Waals surface area contributed by atoms with Crippen LogP contribution < -0.4 is 5.32 Å². The van der Waals surface area contributed by atoms with Crippen LogP contribution in [0.3, 0.4) is 0 Å². The first kappa shape index (κ1) is 13.3. The van der Waals surface area contributed by atoms with Crippen LogP contribution in [0.15, 0.2) is 12.2 Å². The molecule has 0 aromatic rings. The minimum absolute atomic E-state index is 0.139. The van der Waals surface area contributed by atoms with E-state index in [0.29, 0.717) is 0 Å². The van der Waals surface area contributed by atoms with Crippen molar-refractivity contribution in [3.63, 3.8) is 0 Å². The van der Waals surface area contributed by atoms with Crippen molar-refractivity contribution in [3.05, 3.63) is 12.2 Å². The third-order valence-corrected chi connectivity index (χ3v) is 3.02. The molecule has 16 heavy (non-hydrogen) atoms. The molecule has 0 spiro atoms. The van der Waals surface area contributed by atoms with Crippen molar-refractivity contribution in [1.29, 1.82) is 0 Å². The van der Waals surface area contributed by atoms with E-state index in [4.69, 9.17) is 0 Å². The summed E-state index contributed by atoms with van der Waals surface area (Å²) in [4.78, 5) is 12.0. The second kappa shape index (κ2) is 6.07. The molecule has 0 bridgehead atoms. The molecule has 0 saturated heterocycles. The molecule has 0 radical (unpaired) electrons. The Bertz CT molecular complexity index is 253. The Kier molecular flexibility index (Phi) is 5.04. The highest BCUT2D eigenvalue weighted by molar-refractivity contribution is 5.79. The molecule has 0 aromatic heterocycles. The largest absolute Gasteiger partial charge is 0.354 e. The minimum Gasteiger partial charge on any atom is -0.354 e. The molecule has 1 aliphatic carbocycles. The van der Waals surface area contributed by atoms with Gasteiger partial charge < -0.3 is 5.32 Å². The molecule has 1 unspecified atom stereocenters. The average molecular weight is 223 g/mol. The molecule has 1 amide bonds. The number of amides is 1. The van der Waals surface area contributed by atoms with Gasteiger partial charge in [0.1, 0.15) is 0 Å². The van der Waals surface area contributed by atoms with E-state index in [9.17, 15) is 4.79 Å². The van der Waals surface area contributed by atoms with Crippen LogP contribution in [0.25, 0.3) is 0 Å². The van der Waals surface area contributed by atoms with Crippen LogP contribution in [0.1, 0.15) is 52.9 Å². The molecule has 1 aliphatic rings. The predicted molar refractivity (Wildman–Crippen MR) is 68.2 cm³/mol. The maximum absolute atomic E-state index is 12.0. The third kappa shape index (κ3) is 5.34. The maximum Gasteiger partial charge on any atom is 0.223 e. The molecule has 1 rings (SSSR count). The molecule has 2 nitrogen and oxygen atoms in total. The van der Waals surface area contributed by atoms with Gasteiger partial charge in [0.15, 0.2) is 0 Å². The van der Waals surface area contributed by atoms with Gasteiger partial charge in [0, 0.05) is 12.0 Å². The standard InChI is InChI=1S/C14H25NO/c1-10(2)9-13(8-7-12-5-6-12)14(16)15-11(3)4/h11-13H,1,5-9H2,2-4H3,(H,15,16). The van der Waals surface area contributed by atoms with Gasteiger partial charge in [-0.1, -0.05) is 18.4 Å². The summed E-state index contributed by atoms with van der Waals surface area (Å²) in [5.41, 5.74) is 1.11. The van der Waals surface area contributed by atoms with Crippen molar-refractivity contribution in [2.45, 2.75) is 58.9 Å². The monoisotopic (exact) mass is 223 g/mol. The van der Waals surface area contributed by atoms with Gasteiger partial charge in [-0.2, -0.15) is 0 Å². The Morgan fingerprint density at radius 2 is 2.06 bits per heavy atom. The van der Waals surface area contributed by atoms with Crippen molar-refractivity contribution in [2.24, 2.45) is 11.8 Å². The number of allylic oxidation sites excluding steroid dienone is 1. The second-order valence-electron chi connectivity index (χ2n) is 5.54. The van der Waals surface area contributed by atoms with E-state index in [2.05, 4.69) is 11.9 Å². The number of nitrogens with one attached hydrogen (secondary N) is 1. The fraction of sp³-hybridized carbons (Fsp3) is 0.786. The fourth-order valence-electron chi connectivity index (χ4n) is 1.99. The Hall–Kier alpha value is -0.790. The van der Waals surface area contributed by atoms with Crippen LogP contribution in [0, 0.1) is 11.8 Å². The Morgan fingerprint density at radius 1 is 1.44 bits per heavy atom. The summed E-state index contributed by atoms with van der Waals surface area (Å²) in [5.74, 6) is 1.25. The first-order chi connectivity index (χ1) is 7.49. The van der Waals surface area contributed by atoms with Crippen LogP contribution in [0.5, 0.6) is 0 Å². The first-order valence-corrected chi connectivity index (χ1v) is 6.43. The van der Waals surface area contributed by atoms with Gasteiger partial charge in [-0.15, -0.1) is 6.58 Å². The number of carbonyl (C=O) groups is 1. The summed E-state index contributed by atoms with van der Waals surface area (Å²) in [7, 11) is 0. The Balaban J connectivity index is 2.39. The summed E-state index contributed by atoms with van der Waals surface area (Å²) >= 11 is 0. The molecule has 0 aromatic carbocycles. The van der Waals surface area contributed by atoms with E-state index in [-0.39, 0.29) is 17.9 Å². The number of hydrogen-bond acceptors (Lipinski definition) is 1. The number of rotatable bonds is 7. The maximum atomic E-state index is 12.0. The van der Waals surface area contributed by atoms with Gasteiger partial charge in [-0.25, -0.2) is 0 Å². The van der Waals surface area contributed by atoms with Crippen molar-refractivity contribution in [1.82, 2.24) is 5.32 Å². The summed E-state index contributed by atoms with van der Waals surface area (Å²) in [6.45, 7) is 9.95. The predicted octanol–water partition coefficient (Wildman–Crippen LogP) is 3.28. The van der Waals surface area contributed by atoms with E-state index in [1.165, 1.54) is 19.3 Å². The first-order valence-electron chi connectivity index (χ1n) is 6.43. The highest BCUT2D eigenvalue weighted by Gasteiger charge is 2.25. The molecule has 0 heterocycles. The topological polar surface area (TPSA) is 29.1 Å². The van der Waals surface area contributed by atoms with E-state index >= 15 is 0 Å². The summed E-state index contributed by atoms with van der Waals surface area (Å²) < 4.78 is 0. The van der Waals surface area contributed by atoms with E-state index in [1.807, 2.05) is 20.8 Å². The highest BCUT2D eigenvalue weighted by atomic mass is 16.1. The quantitative estimate of drug-likeness (QED) is 0.659. The zero-order chi connectivity index (χ0) is 12.1. The molecule has 2 heteroatoms. The molecule has 1 N–H and O–H groups in total. The molecule has 0 aliphatic heterocycles. The van der Waals surface area contributed by atoms with E-state index < -0.39 is 0 Å². The molecule has 1 atom stereocenters. The van der Waals surface area contributed by atoms with E-state index in [1.54, 1.807) is 0 Å². The van der Waals surface area contributed by atoms with Crippen molar-refractivity contribution in [2.75, 3.05) is 0 Å². The van der Waals surface area contributed by atoms with E-state index in [0.717, 1.165) is 24.3 Å². The van der Waals surface area contributed by atoms with Crippen LogP contribution in [-0.4, -0.2) is 11.9 Å². The summed E-state index contributed by atoms with van der Waals surface area (Å²) in [5, 5.41) is 3.01. The van der Waals surface area contributed by atoms with Gasteiger partial charge in [0.2, 0.25) is 5.91 Å². The molecular weight excluding hydrogens is 198 g/mol. The van der Waals surface area contributed by atoms with Crippen molar-refractivity contribution >= 4 is 5.91 Å². The second-order valence-corrected chi connectivity index (χ2v) is 5.54. The lowest BCUT2D eigenvalue weighted by molar-refractivity contribution is -0.125. The molecule has 92 valence electrons. The van der Waals surface area contributed by atoms with Crippen LogP contribution >= 0.6 is 0 Å². The lowest BCUT2D eigenvalue weighted by Gasteiger charge is -2.18. The van der Waals surface area contributed by atoms with Gasteiger partial charge >= 0.3 is 0 Å². The average Bonchev–Trinajstić information content (AvgIpc) is 2.93. The lowest BCUT2D eigenvalue weighted by atomic mass is 9.93. The summed E-state index contributed by atoms with van der Waals surface area (Å²) in [6, 6.07) is 0.237. The number of carbonyl (C=O) groups excluding carboxylic acids is 1. The van der Waals surface area contributed by atoms with Gasteiger partial charge in [-0.05, 0) is 46.0 Å². The highest BCUT2D eigenvalue weighted by Crippen LogP contribution is 2.35. The molecule has 1 fully saturated rings. The van der Waals surface area contributed by atoms with Gasteiger partial charge in [0.05, 0.1) is 0 Å². The Labute approximate surface area is 99.5 Å². The smallest absolute Gasteiger partial charge is 0.223 e. The van der Waals surface area contributed by atoms with Crippen molar-refractivity contribution in [3.8, 4) is 0 Å². The fourth-order valence-corrected chi connectivity index (χ4v) is 1.99. The normalized spacial score (nSPS) is 17.2.